The van der Waals surface area contributed by atoms with E-state index in [0.29, 0.717) is 55.2 Å². The van der Waals surface area contributed by atoms with Crippen molar-refractivity contribution in [2.75, 3.05) is 24.5 Å². The van der Waals surface area contributed by atoms with Gasteiger partial charge in [0.25, 0.3) is 0 Å². The molecular formula is C32H35ClFN7O2. The van der Waals surface area contributed by atoms with Crippen molar-refractivity contribution in [1.29, 1.82) is 0 Å². The fourth-order valence-corrected chi connectivity index (χ4v) is 5.99. The number of aryl methyl sites for hydroxylation is 3. The SMILES string of the molecule is C=CC(=O)N1CCN(c2nc(=O)n(-c3c(CCC)nc(C)nc3CCC)c3nc(-c4ccccc4F)c(Cl)cc23)[C@@H](C)C1. The number of rotatable bonds is 8. The summed E-state index contributed by atoms with van der Waals surface area (Å²) in [5.41, 5.74) is 2.20. The van der Waals surface area contributed by atoms with Gasteiger partial charge >= 0.3 is 5.69 Å². The van der Waals surface area contributed by atoms with Gasteiger partial charge in [0.05, 0.1) is 33.2 Å². The molecule has 5 rings (SSSR count). The Kier molecular flexibility index (Phi) is 8.87. The molecule has 0 spiro atoms. The van der Waals surface area contributed by atoms with Gasteiger partial charge in [0, 0.05) is 31.2 Å². The van der Waals surface area contributed by atoms with Crippen molar-refractivity contribution in [3.05, 3.63) is 81.5 Å². The summed E-state index contributed by atoms with van der Waals surface area (Å²) in [5, 5.41) is 0.757. The Morgan fingerprint density at radius 2 is 1.77 bits per heavy atom. The molecule has 4 heterocycles. The normalized spacial score (nSPS) is 15.3. The summed E-state index contributed by atoms with van der Waals surface area (Å²) in [6.07, 6.45) is 4.15. The van der Waals surface area contributed by atoms with Crippen molar-refractivity contribution in [2.45, 2.75) is 59.4 Å². The molecule has 3 aromatic heterocycles. The van der Waals surface area contributed by atoms with Gasteiger partial charge in [-0.15, -0.1) is 0 Å². The fourth-order valence-electron chi connectivity index (χ4n) is 5.74. The van der Waals surface area contributed by atoms with Crippen LogP contribution in [0.15, 0.2) is 47.8 Å². The first-order valence-electron chi connectivity index (χ1n) is 14.6. The van der Waals surface area contributed by atoms with Gasteiger partial charge in [-0.05, 0) is 51.0 Å². The van der Waals surface area contributed by atoms with E-state index in [-0.39, 0.29) is 33.9 Å². The second kappa shape index (κ2) is 12.6. The van der Waals surface area contributed by atoms with Gasteiger partial charge in [0.2, 0.25) is 5.91 Å². The van der Waals surface area contributed by atoms with E-state index in [4.69, 9.17) is 26.6 Å². The van der Waals surface area contributed by atoms with Crippen LogP contribution in [-0.2, 0) is 17.6 Å². The predicted octanol–water partition coefficient (Wildman–Crippen LogP) is 5.47. The molecule has 11 heteroatoms. The maximum Gasteiger partial charge on any atom is 0.355 e. The summed E-state index contributed by atoms with van der Waals surface area (Å²) >= 11 is 6.81. The molecule has 1 aliphatic heterocycles. The van der Waals surface area contributed by atoms with Gasteiger partial charge in [-0.1, -0.05) is 57.0 Å². The van der Waals surface area contributed by atoms with Crippen LogP contribution in [0.1, 0.15) is 50.8 Å². The molecule has 0 radical (unpaired) electrons. The molecule has 0 bridgehead atoms. The minimum absolute atomic E-state index is 0.148. The first kappa shape index (κ1) is 30.3. The fraction of sp³-hybridized carbons (Fsp3) is 0.375. The zero-order valence-corrected chi connectivity index (χ0v) is 25.7. The molecule has 1 saturated heterocycles. The van der Waals surface area contributed by atoms with Crippen LogP contribution in [0.3, 0.4) is 0 Å². The van der Waals surface area contributed by atoms with E-state index in [9.17, 15) is 9.59 Å². The standard InChI is InChI=1S/C32H35ClFN7O2/c1-6-11-25-29(26(12-7-2)36-20(5)35-25)41-31-22(17-23(33)28(37-31)21-13-9-10-14-24(21)34)30(38-32(41)43)40-16-15-39(18-19(40)4)27(42)8-3/h8-10,13-14,17,19H,3,6-7,11-12,15-16,18H2,1-2,4-5H3/t19-/m0/s1. The molecule has 0 saturated carbocycles. The highest BCUT2D eigenvalue weighted by molar-refractivity contribution is 6.33. The van der Waals surface area contributed by atoms with Crippen molar-refractivity contribution in [1.82, 2.24) is 29.4 Å². The topological polar surface area (TPSA) is 97.1 Å². The number of halogens is 2. The third-order valence-electron chi connectivity index (χ3n) is 7.65. The van der Waals surface area contributed by atoms with Crippen molar-refractivity contribution >= 4 is 34.4 Å². The summed E-state index contributed by atoms with van der Waals surface area (Å²) in [6.45, 7) is 12.8. The molecule has 0 unspecified atom stereocenters. The minimum atomic E-state index is -0.546. The second-order valence-electron chi connectivity index (χ2n) is 10.8. The Morgan fingerprint density at radius 1 is 1.09 bits per heavy atom. The highest BCUT2D eigenvalue weighted by Gasteiger charge is 2.30. The van der Waals surface area contributed by atoms with Crippen LogP contribution >= 0.6 is 11.6 Å². The average molecular weight is 604 g/mol. The van der Waals surface area contributed by atoms with Crippen molar-refractivity contribution in [2.24, 2.45) is 0 Å². The number of fused-ring (bicyclic) bond motifs is 1. The van der Waals surface area contributed by atoms with Crippen LogP contribution in [-0.4, -0.2) is 61.0 Å². The summed E-state index contributed by atoms with van der Waals surface area (Å²) in [6, 6.07) is 7.80. The van der Waals surface area contributed by atoms with E-state index < -0.39 is 11.5 Å². The molecule has 1 fully saturated rings. The quantitative estimate of drug-likeness (QED) is 0.247. The van der Waals surface area contributed by atoms with Crippen molar-refractivity contribution in [3.63, 3.8) is 0 Å². The molecule has 1 atom stereocenters. The molecule has 224 valence electrons. The zero-order valence-electron chi connectivity index (χ0n) is 24.9. The Balaban J connectivity index is 1.83. The van der Waals surface area contributed by atoms with Crippen LogP contribution in [0.25, 0.3) is 28.0 Å². The van der Waals surface area contributed by atoms with Crippen LogP contribution in [0.4, 0.5) is 10.2 Å². The first-order chi connectivity index (χ1) is 20.7. The number of anilines is 1. The average Bonchev–Trinajstić information content (AvgIpc) is 2.98. The Hall–Kier alpha value is -4.18. The molecule has 0 N–H and O–H groups in total. The van der Waals surface area contributed by atoms with Crippen molar-refractivity contribution < 1.29 is 9.18 Å². The number of pyridine rings is 1. The van der Waals surface area contributed by atoms with Crippen LogP contribution in [0, 0.1) is 12.7 Å². The van der Waals surface area contributed by atoms with Gasteiger partial charge in [-0.2, -0.15) is 4.98 Å². The molecule has 0 aliphatic carbocycles. The molecule has 4 aromatic rings. The van der Waals surface area contributed by atoms with E-state index in [1.54, 1.807) is 29.2 Å². The third kappa shape index (κ3) is 5.76. The number of piperazine rings is 1. The van der Waals surface area contributed by atoms with Crippen LogP contribution in [0.2, 0.25) is 5.02 Å². The van der Waals surface area contributed by atoms with Crippen molar-refractivity contribution in [3.8, 4) is 16.9 Å². The maximum absolute atomic E-state index is 15.0. The van der Waals surface area contributed by atoms with E-state index in [0.717, 1.165) is 24.2 Å². The number of nitrogens with zero attached hydrogens (tertiary/aromatic N) is 7. The Morgan fingerprint density at radius 3 is 2.37 bits per heavy atom. The number of carbonyl (C=O) groups excluding carboxylic acids is 1. The van der Waals surface area contributed by atoms with Gasteiger partial charge in [-0.25, -0.2) is 28.7 Å². The number of hydrogen-bond donors (Lipinski definition) is 0. The lowest BCUT2D eigenvalue weighted by Gasteiger charge is -2.40. The lowest BCUT2D eigenvalue weighted by Crippen LogP contribution is -2.54. The summed E-state index contributed by atoms with van der Waals surface area (Å²) in [7, 11) is 0. The monoisotopic (exact) mass is 603 g/mol. The highest BCUT2D eigenvalue weighted by atomic mass is 35.5. The number of hydrogen-bond acceptors (Lipinski definition) is 7. The number of amides is 1. The Labute approximate surface area is 255 Å². The summed E-state index contributed by atoms with van der Waals surface area (Å²) in [5.74, 6) is 0.408. The van der Waals surface area contributed by atoms with Crippen LogP contribution in [0.5, 0.6) is 0 Å². The molecule has 43 heavy (non-hydrogen) atoms. The largest absolute Gasteiger partial charge is 0.355 e. The molecule has 1 aromatic carbocycles. The van der Waals surface area contributed by atoms with Gasteiger partial charge in [0.1, 0.15) is 17.5 Å². The second-order valence-corrected chi connectivity index (χ2v) is 11.2. The molecule has 1 aliphatic rings. The number of carbonyl (C=O) groups is 1. The molecular weight excluding hydrogens is 569 g/mol. The van der Waals surface area contributed by atoms with Gasteiger partial charge in [0.15, 0.2) is 5.65 Å². The third-order valence-corrected chi connectivity index (χ3v) is 7.94. The van der Waals surface area contributed by atoms with Gasteiger partial charge in [-0.3, -0.25) is 4.79 Å². The molecule has 1 amide bonds. The predicted molar refractivity (Wildman–Crippen MR) is 167 cm³/mol. The number of benzene rings is 1. The smallest absolute Gasteiger partial charge is 0.350 e. The zero-order chi connectivity index (χ0) is 30.8. The summed E-state index contributed by atoms with van der Waals surface area (Å²) < 4.78 is 16.5. The van der Waals surface area contributed by atoms with E-state index in [1.165, 1.54) is 16.7 Å². The summed E-state index contributed by atoms with van der Waals surface area (Å²) in [4.78, 5) is 49.2. The van der Waals surface area contributed by atoms with E-state index in [1.807, 2.05) is 18.7 Å². The lowest BCUT2D eigenvalue weighted by molar-refractivity contribution is -0.126. The minimum Gasteiger partial charge on any atom is -0.350 e. The van der Waals surface area contributed by atoms with Gasteiger partial charge < -0.3 is 9.80 Å². The number of aromatic nitrogens is 5. The van der Waals surface area contributed by atoms with E-state index >= 15 is 4.39 Å². The highest BCUT2D eigenvalue weighted by Crippen LogP contribution is 2.35. The maximum atomic E-state index is 15.0. The van der Waals surface area contributed by atoms with E-state index in [2.05, 4.69) is 25.4 Å². The first-order valence-corrected chi connectivity index (χ1v) is 15.0. The molecule has 9 nitrogen and oxygen atoms in total. The lowest BCUT2D eigenvalue weighted by atomic mass is 10.1. The Bertz CT molecular complexity index is 1750. The van der Waals surface area contributed by atoms with Crippen LogP contribution < -0.4 is 10.6 Å².